The molecule has 2 nitrogen and oxygen atoms in total. The molecule has 0 fully saturated rings. The molecule has 1 N–H and O–H groups in total. The monoisotopic (exact) mass is 524 g/mol. The highest BCUT2D eigenvalue weighted by atomic mass is 16.3. The summed E-state index contributed by atoms with van der Waals surface area (Å²) in [5.41, 5.74) is 0. The maximum Gasteiger partial charge on any atom is 0.0443 e. The Morgan fingerprint density at radius 3 is 0.757 bits per heavy atom. The van der Waals surface area contributed by atoms with Crippen molar-refractivity contribution in [1.82, 2.24) is 4.90 Å². The average Bonchev–Trinajstić information content (AvgIpc) is 2.91. The predicted octanol–water partition coefficient (Wildman–Crippen LogP) is 11.6. The molecule has 0 spiro atoms. The fourth-order valence-corrected chi connectivity index (χ4v) is 5.69. The van der Waals surface area contributed by atoms with Gasteiger partial charge in [0.25, 0.3) is 0 Å². The summed E-state index contributed by atoms with van der Waals surface area (Å²) in [6.45, 7) is 8.53. The van der Waals surface area contributed by atoms with Crippen molar-refractivity contribution in [1.29, 1.82) is 0 Å². The van der Waals surface area contributed by atoms with Gasteiger partial charge in [-0.05, 0) is 32.4 Å². The van der Waals surface area contributed by atoms with Gasteiger partial charge in [0.2, 0.25) is 0 Å². The van der Waals surface area contributed by atoms with Crippen LogP contribution in [0.4, 0.5) is 0 Å². The van der Waals surface area contributed by atoms with E-state index >= 15 is 0 Å². The third kappa shape index (κ3) is 32.0. The number of aliphatic hydroxyl groups excluding tert-OH is 1. The van der Waals surface area contributed by atoms with Gasteiger partial charge in [0.1, 0.15) is 0 Å². The largest absolute Gasteiger partial charge is 0.396 e. The summed E-state index contributed by atoms with van der Waals surface area (Å²) in [6.07, 6.45) is 41.1. The van der Waals surface area contributed by atoms with Gasteiger partial charge in [-0.3, -0.25) is 0 Å². The highest BCUT2D eigenvalue weighted by molar-refractivity contribution is 4.60. The van der Waals surface area contributed by atoms with Gasteiger partial charge in [-0.15, -0.1) is 0 Å². The van der Waals surface area contributed by atoms with Gasteiger partial charge < -0.3 is 10.0 Å². The van der Waals surface area contributed by atoms with Crippen LogP contribution in [0.1, 0.15) is 200 Å². The summed E-state index contributed by atoms with van der Waals surface area (Å²) in [5.74, 6) is 0. The highest BCUT2D eigenvalue weighted by Crippen LogP contribution is 2.15. The molecule has 37 heavy (non-hydrogen) atoms. The zero-order valence-electron chi connectivity index (χ0n) is 26.2. The molecule has 0 radical (unpaired) electrons. The normalized spacial score (nSPS) is 11.7. The van der Waals surface area contributed by atoms with E-state index in [1.54, 1.807) is 0 Å². The van der Waals surface area contributed by atoms with Crippen molar-refractivity contribution in [2.24, 2.45) is 0 Å². The summed E-state index contributed by atoms with van der Waals surface area (Å²) in [5, 5.41) is 9.28. The zero-order valence-corrected chi connectivity index (χ0v) is 26.2. The first kappa shape index (κ1) is 36.9. The lowest BCUT2D eigenvalue weighted by atomic mass is 10.0. The fourth-order valence-electron chi connectivity index (χ4n) is 5.69. The van der Waals surface area contributed by atoms with Crippen LogP contribution in [0.15, 0.2) is 0 Å². The molecule has 0 amide bonds. The molecule has 0 bridgehead atoms. The van der Waals surface area contributed by atoms with Gasteiger partial charge >= 0.3 is 0 Å². The molecule has 0 aromatic carbocycles. The standard InChI is InChI=1S/C35H73NO/c1-3-5-7-9-11-13-15-17-19-21-23-25-27-29-32-36(34-31-35-37)33-30-28-26-24-22-20-18-16-14-12-10-8-6-4-2/h37H,3-35H2,1-2H3. The second-order valence-electron chi connectivity index (χ2n) is 12.1. The molecule has 0 aliphatic carbocycles. The summed E-state index contributed by atoms with van der Waals surface area (Å²) >= 11 is 0. The molecular weight excluding hydrogens is 450 g/mol. The molecule has 0 aromatic heterocycles. The van der Waals surface area contributed by atoms with Gasteiger partial charge in [-0.1, -0.05) is 181 Å². The number of aliphatic hydroxyl groups is 1. The van der Waals surface area contributed by atoms with Crippen LogP contribution in [-0.2, 0) is 0 Å². The Bertz CT molecular complexity index is 353. The molecule has 0 heterocycles. The van der Waals surface area contributed by atoms with Gasteiger partial charge in [0.05, 0.1) is 0 Å². The van der Waals surface area contributed by atoms with Crippen LogP contribution in [-0.4, -0.2) is 36.2 Å². The van der Waals surface area contributed by atoms with Gasteiger partial charge in [0.15, 0.2) is 0 Å². The third-order valence-electron chi connectivity index (χ3n) is 8.29. The van der Waals surface area contributed by atoms with E-state index in [2.05, 4.69) is 18.7 Å². The van der Waals surface area contributed by atoms with Crippen molar-refractivity contribution in [3.8, 4) is 0 Å². The van der Waals surface area contributed by atoms with E-state index in [1.165, 1.54) is 193 Å². The molecule has 0 aromatic rings. The van der Waals surface area contributed by atoms with Crippen LogP contribution in [0.3, 0.4) is 0 Å². The zero-order chi connectivity index (χ0) is 26.9. The number of unbranched alkanes of at least 4 members (excludes halogenated alkanes) is 26. The Kier molecular flexibility index (Phi) is 33.9. The average molecular weight is 524 g/mol. The topological polar surface area (TPSA) is 23.5 Å². The fraction of sp³-hybridized carbons (Fsp3) is 1.00. The van der Waals surface area contributed by atoms with Crippen LogP contribution < -0.4 is 0 Å². The van der Waals surface area contributed by atoms with E-state index in [0.717, 1.165) is 13.0 Å². The van der Waals surface area contributed by atoms with Crippen LogP contribution in [0.25, 0.3) is 0 Å². The van der Waals surface area contributed by atoms with Crippen molar-refractivity contribution in [3.63, 3.8) is 0 Å². The quantitative estimate of drug-likeness (QED) is 0.0864. The van der Waals surface area contributed by atoms with Gasteiger partial charge in [-0.25, -0.2) is 0 Å². The molecule has 0 aliphatic rings. The van der Waals surface area contributed by atoms with Crippen molar-refractivity contribution in [2.75, 3.05) is 26.2 Å². The minimum absolute atomic E-state index is 0.341. The third-order valence-corrected chi connectivity index (χ3v) is 8.29. The molecule has 0 saturated carbocycles. The van der Waals surface area contributed by atoms with Crippen molar-refractivity contribution in [3.05, 3.63) is 0 Å². The second kappa shape index (κ2) is 33.9. The Labute approximate surface area is 236 Å². The lowest BCUT2D eigenvalue weighted by Crippen LogP contribution is -2.27. The lowest BCUT2D eigenvalue weighted by molar-refractivity contribution is 0.217. The molecule has 0 rings (SSSR count). The molecule has 2 heteroatoms. The van der Waals surface area contributed by atoms with Gasteiger partial charge in [-0.2, -0.15) is 0 Å². The van der Waals surface area contributed by atoms with Crippen molar-refractivity contribution < 1.29 is 5.11 Å². The maximum atomic E-state index is 9.28. The summed E-state index contributed by atoms with van der Waals surface area (Å²) in [6, 6.07) is 0. The number of rotatable bonds is 33. The Morgan fingerprint density at radius 1 is 0.297 bits per heavy atom. The number of hydrogen-bond acceptors (Lipinski definition) is 2. The maximum absolute atomic E-state index is 9.28. The SMILES string of the molecule is CCCCCCCCCCCCCCCCN(CCCO)CCCCCCCCCCCCCCCC. The predicted molar refractivity (Wildman–Crippen MR) is 169 cm³/mol. The minimum atomic E-state index is 0.341. The summed E-state index contributed by atoms with van der Waals surface area (Å²) in [7, 11) is 0. The summed E-state index contributed by atoms with van der Waals surface area (Å²) < 4.78 is 0. The first-order valence-corrected chi connectivity index (χ1v) is 17.7. The number of nitrogens with zero attached hydrogens (tertiary/aromatic N) is 1. The molecular formula is C35H73NO. The van der Waals surface area contributed by atoms with E-state index in [9.17, 15) is 5.11 Å². The van der Waals surface area contributed by atoms with Crippen molar-refractivity contribution in [2.45, 2.75) is 200 Å². The molecule has 0 saturated heterocycles. The van der Waals surface area contributed by atoms with Gasteiger partial charge in [0, 0.05) is 13.2 Å². The van der Waals surface area contributed by atoms with Crippen LogP contribution in [0.2, 0.25) is 0 Å². The first-order chi connectivity index (χ1) is 18.3. The van der Waals surface area contributed by atoms with E-state index in [1.807, 2.05) is 0 Å². The second-order valence-corrected chi connectivity index (χ2v) is 12.1. The molecule has 0 atom stereocenters. The van der Waals surface area contributed by atoms with E-state index < -0.39 is 0 Å². The summed E-state index contributed by atoms with van der Waals surface area (Å²) in [4.78, 5) is 2.64. The highest BCUT2D eigenvalue weighted by Gasteiger charge is 2.04. The van der Waals surface area contributed by atoms with Crippen LogP contribution in [0.5, 0.6) is 0 Å². The first-order valence-electron chi connectivity index (χ1n) is 17.7. The smallest absolute Gasteiger partial charge is 0.0443 e. The number of hydrogen-bond donors (Lipinski definition) is 1. The molecule has 224 valence electrons. The van der Waals surface area contributed by atoms with Crippen LogP contribution >= 0.6 is 0 Å². The Hall–Kier alpha value is -0.0800. The Morgan fingerprint density at radius 2 is 0.514 bits per heavy atom. The van der Waals surface area contributed by atoms with E-state index in [0.29, 0.717) is 6.61 Å². The Balaban J connectivity index is 3.46. The van der Waals surface area contributed by atoms with E-state index in [4.69, 9.17) is 0 Å². The van der Waals surface area contributed by atoms with E-state index in [-0.39, 0.29) is 0 Å². The molecule has 0 aliphatic heterocycles. The van der Waals surface area contributed by atoms with Crippen LogP contribution in [0, 0.1) is 0 Å². The lowest BCUT2D eigenvalue weighted by Gasteiger charge is -2.22. The van der Waals surface area contributed by atoms with Crippen molar-refractivity contribution >= 4 is 0 Å². The minimum Gasteiger partial charge on any atom is -0.396 e. The molecule has 0 unspecified atom stereocenters.